The zero-order valence-electron chi connectivity index (χ0n) is 17.8. The number of fused-ring (bicyclic) bond motifs is 1. The van der Waals surface area contributed by atoms with E-state index in [4.69, 9.17) is 14.6 Å². The first-order chi connectivity index (χ1) is 14.5. The number of rotatable bonds is 8. The van der Waals surface area contributed by atoms with Gasteiger partial charge >= 0.3 is 11.9 Å². The van der Waals surface area contributed by atoms with Crippen molar-refractivity contribution in [1.29, 1.82) is 0 Å². The Balaban J connectivity index is 1.31. The molecule has 0 aromatic rings. The van der Waals surface area contributed by atoms with Crippen LogP contribution in [0.25, 0.3) is 0 Å². The summed E-state index contributed by atoms with van der Waals surface area (Å²) in [7, 11) is 0. The van der Waals surface area contributed by atoms with Crippen LogP contribution in [-0.2, 0) is 28.7 Å². The van der Waals surface area contributed by atoms with Crippen LogP contribution in [0.3, 0.4) is 0 Å². The topological polar surface area (TPSA) is 143 Å². The first-order valence-corrected chi connectivity index (χ1v) is 11.1. The molecule has 5 unspecified atom stereocenters. The Morgan fingerprint density at radius 2 is 1.97 bits per heavy atom. The molecular weight excluding hydrogens is 406 g/mol. The summed E-state index contributed by atoms with van der Waals surface area (Å²) >= 11 is 0. The van der Waals surface area contributed by atoms with Crippen LogP contribution in [0.15, 0.2) is 0 Å². The molecule has 9 heteroatoms. The lowest BCUT2D eigenvalue weighted by atomic mass is 9.48. The number of epoxide rings is 1. The Kier molecular flexibility index (Phi) is 4.38. The highest BCUT2D eigenvalue weighted by molar-refractivity contribution is 5.94. The van der Waals surface area contributed by atoms with Gasteiger partial charge in [0.2, 0.25) is 5.91 Å². The number of amides is 1. The second kappa shape index (κ2) is 6.51. The molecule has 3 aliphatic heterocycles. The van der Waals surface area contributed by atoms with Crippen molar-refractivity contribution in [2.75, 3.05) is 0 Å². The molecule has 0 aromatic carbocycles. The van der Waals surface area contributed by atoms with Crippen molar-refractivity contribution in [3.63, 3.8) is 0 Å². The fourth-order valence-corrected chi connectivity index (χ4v) is 7.61. The highest BCUT2D eigenvalue weighted by Crippen LogP contribution is 2.76. The second-order valence-corrected chi connectivity index (χ2v) is 10.6. The number of nitrogens with one attached hydrogen (secondary N) is 1. The molecule has 3 saturated heterocycles. The third kappa shape index (κ3) is 2.88. The number of aliphatic carboxylic acids is 2. The molecule has 4 bridgehead atoms. The monoisotopic (exact) mass is 435 g/mol. The van der Waals surface area contributed by atoms with E-state index in [0.717, 1.165) is 19.3 Å². The number of carbonyl (C=O) groups is 4. The van der Waals surface area contributed by atoms with E-state index in [1.54, 1.807) is 0 Å². The molecule has 9 atom stereocenters. The molecule has 1 amide bonds. The zero-order chi connectivity index (χ0) is 22.3. The summed E-state index contributed by atoms with van der Waals surface area (Å²) in [5, 5.41) is 20.5. The predicted octanol–water partition coefficient (Wildman–Crippen LogP) is 1.13. The molecule has 6 aliphatic rings. The average molecular weight is 435 g/mol. The van der Waals surface area contributed by atoms with Crippen molar-refractivity contribution in [3.8, 4) is 0 Å². The summed E-state index contributed by atoms with van der Waals surface area (Å²) in [5.74, 6) is -2.36. The summed E-state index contributed by atoms with van der Waals surface area (Å²) in [5.41, 5.74) is -0.985. The molecule has 6 fully saturated rings. The van der Waals surface area contributed by atoms with E-state index in [9.17, 15) is 24.3 Å². The molecule has 3 aliphatic carbocycles. The fourth-order valence-electron chi connectivity index (χ4n) is 7.61. The van der Waals surface area contributed by atoms with Crippen molar-refractivity contribution in [2.45, 2.75) is 88.7 Å². The number of Topliss-reactive ketones (excluding diaryl/α,β-unsaturated/α-hetero) is 1. The molecule has 3 heterocycles. The van der Waals surface area contributed by atoms with E-state index < -0.39 is 35.4 Å². The van der Waals surface area contributed by atoms with Crippen LogP contribution in [0.2, 0.25) is 0 Å². The van der Waals surface area contributed by atoms with Gasteiger partial charge in [-0.05, 0) is 44.9 Å². The van der Waals surface area contributed by atoms with Crippen LogP contribution in [0.1, 0.15) is 58.8 Å². The van der Waals surface area contributed by atoms with Crippen LogP contribution >= 0.6 is 0 Å². The predicted molar refractivity (Wildman–Crippen MR) is 104 cm³/mol. The van der Waals surface area contributed by atoms with Gasteiger partial charge in [-0.15, -0.1) is 0 Å². The van der Waals surface area contributed by atoms with E-state index >= 15 is 0 Å². The van der Waals surface area contributed by atoms with E-state index in [1.165, 1.54) is 0 Å². The van der Waals surface area contributed by atoms with E-state index in [-0.39, 0.29) is 54.2 Å². The lowest BCUT2D eigenvalue weighted by Crippen LogP contribution is -2.61. The van der Waals surface area contributed by atoms with Gasteiger partial charge in [0, 0.05) is 29.6 Å². The number of carbonyl (C=O) groups excluding carboxylic acids is 2. The number of ether oxygens (including phenoxy) is 2. The first kappa shape index (κ1) is 20.9. The van der Waals surface area contributed by atoms with Crippen molar-refractivity contribution in [1.82, 2.24) is 5.32 Å². The largest absolute Gasteiger partial charge is 0.481 e. The van der Waals surface area contributed by atoms with Gasteiger partial charge in [-0.3, -0.25) is 14.4 Å². The molecule has 0 radical (unpaired) electrons. The summed E-state index contributed by atoms with van der Waals surface area (Å²) in [6.45, 7) is 4.09. The van der Waals surface area contributed by atoms with Crippen molar-refractivity contribution < 1.29 is 38.9 Å². The van der Waals surface area contributed by atoms with Gasteiger partial charge < -0.3 is 25.0 Å². The lowest BCUT2D eigenvalue weighted by Gasteiger charge is -2.56. The first-order valence-electron chi connectivity index (χ1n) is 11.1. The van der Waals surface area contributed by atoms with E-state index in [1.807, 2.05) is 6.92 Å². The maximum absolute atomic E-state index is 13.3. The molecule has 9 nitrogen and oxygen atoms in total. The quantitative estimate of drug-likeness (QED) is 0.482. The number of carboxylic acid groups (broad SMARTS) is 2. The van der Waals surface area contributed by atoms with E-state index in [2.05, 4.69) is 12.2 Å². The van der Waals surface area contributed by atoms with Gasteiger partial charge in [0.25, 0.3) is 0 Å². The number of hydrogen-bond donors (Lipinski definition) is 3. The molecule has 1 spiro atoms. The molecule has 0 aromatic heterocycles. The van der Waals surface area contributed by atoms with Crippen LogP contribution in [0.4, 0.5) is 0 Å². The molecule has 170 valence electrons. The molecule has 6 rings (SSSR count). The Hall–Kier alpha value is -2.00. The number of hydrogen-bond acceptors (Lipinski definition) is 6. The zero-order valence-corrected chi connectivity index (χ0v) is 17.8. The third-order valence-corrected chi connectivity index (χ3v) is 8.82. The maximum atomic E-state index is 13.3. The van der Waals surface area contributed by atoms with Gasteiger partial charge in [-0.1, -0.05) is 6.92 Å². The molecule has 31 heavy (non-hydrogen) atoms. The normalized spacial score (nSPS) is 46.9. The molecule has 3 N–H and O–H groups in total. The summed E-state index contributed by atoms with van der Waals surface area (Å²) in [4.78, 5) is 48.0. The Bertz CT molecular complexity index is 874. The maximum Gasteiger partial charge on any atom is 0.326 e. The third-order valence-electron chi connectivity index (χ3n) is 8.82. The number of ketones is 1. The Morgan fingerprint density at radius 3 is 2.61 bits per heavy atom. The summed E-state index contributed by atoms with van der Waals surface area (Å²) < 4.78 is 12.3. The fraction of sp³-hybridized carbons (Fsp3) is 0.818. The SMILES string of the molecule is CC12CC34CC1CC(O2)C3[C@](C)(CCC(=O)N[C@@H](CCC(=O)O)C(=O)O)C(=O)[C@@H]1O[C@@H]14. The van der Waals surface area contributed by atoms with Gasteiger partial charge in [-0.25, -0.2) is 4.79 Å². The van der Waals surface area contributed by atoms with Crippen molar-refractivity contribution in [2.24, 2.45) is 22.7 Å². The van der Waals surface area contributed by atoms with Gasteiger partial charge in [0.05, 0.1) is 17.8 Å². The molecular formula is C22H29NO8. The highest BCUT2D eigenvalue weighted by atomic mass is 16.6. The van der Waals surface area contributed by atoms with Crippen LogP contribution in [0, 0.1) is 22.7 Å². The van der Waals surface area contributed by atoms with Crippen molar-refractivity contribution >= 4 is 23.6 Å². The smallest absolute Gasteiger partial charge is 0.326 e. The lowest BCUT2D eigenvalue weighted by molar-refractivity contribution is -0.186. The van der Waals surface area contributed by atoms with Crippen LogP contribution in [0.5, 0.6) is 0 Å². The average Bonchev–Trinajstić information content (AvgIpc) is 3.40. The molecule has 3 saturated carbocycles. The summed E-state index contributed by atoms with van der Waals surface area (Å²) in [6, 6.07) is -1.26. The van der Waals surface area contributed by atoms with Crippen LogP contribution < -0.4 is 5.32 Å². The standard InChI is InChI=1S/C22H29NO8/c1-20(6-5-13(24)23-11(19(28)29)3-4-14(25)26)16-12-7-10-8-22(16,9-21(10,2)31-12)18-15(30-18)17(20)27/h10-12,15-16,18H,3-9H2,1-2H3,(H,23,24)(H,25,26)(H,28,29)/t10?,11-,12?,15-,16?,18-,20-,21?,22?/m0/s1. The second-order valence-electron chi connectivity index (χ2n) is 10.6. The Morgan fingerprint density at radius 1 is 1.23 bits per heavy atom. The van der Waals surface area contributed by atoms with Crippen molar-refractivity contribution in [3.05, 3.63) is 0 Å². The van der Waals surface area contributed by atoms with Gasteiger partial charge in [0.15, 0.2) is 5.78 Å². The number of carboxylic acids is 2. The van der Waals surface area contributed by atoms with E-state index in [0.29, 0.717) is 12.3 Å². The minimum atomic E-state index is -1.27. The minimum absolute atomic E-state index is 0.00171. The van der Waals surface area contributed by atoms with Gasteiger partial charge in [0.1, 0.15) is 12.1 Å². The van der Waals surface area contributed by atoms with Gasteiger partial charge in [-0.2, -0.15) is 0 Å². The Labute approximate surface area is 179 Å². The summed E-state index contributed by atoms with van der Waals surface area (Å²) in [6.07, 6.45) is 2.13. The highest BCUT2D eigenvalue weighted by Gasteiger charge is 2.81. The van der Waals surface area contributed by atoms with Crippen LogP contribution in [-0.4, -0.2) is 63.8 Å². The minimum Gasteiger partial charge on any atom is -0.481 e.